The maximum Gasteiger partial charge on any atom is 0.274 e. The second-order valence-electron chi connectivity index (χ2n) is 6.54. The first kappa shape index (κ1) is 21.6. The monoisotopic (exact) mass is 437 g/mol. The number of imide groups is 1. The van der Waals surface area contributed by atoms with Crippen molar-refractivity contribution in [3.63, 3.8) is 0 Å². The molecule has 0 radical (unpaired) electrons. The molecule has 2 heterocycles. The van der Waals surface area contributed by atoms with Gasteiger partial charge in [0, 0.05) is 32.1 Å². The molecule has 1 aromatic carbocycles. The minimum Gasteiger partial charge on any atom is -0.379 e. The lowest BCUT2D eigenvalue weighted by molar-refractivity contribution is -0.117. The number of nitrogens with one attached hydrogen (secondary N) is 1. The Labute approximate surface area is 174 Å². The van der Waals surface area contributed by atoms with Gasteiger partial charge in [0.2, 0.25) is 15.9 Å². The Hall–Kier alpha value is -2.14. The van der Waals surface area contributed by atoms with Crippen LogP contribution in [0.15, 0.2) is 47.5 Å². The quantitative estimate of drug-likeness (QED) is 0.700. The van der Waals surface area contributed by atoms with E-state index in [9.17, 15) is 18.0 Å². The maximum atomic E-state index is 12.7. The Kier molecular flexibility index (Phi) is 7.12. The van der Waals surface area contributed by atoms with Gasteiger partial charge in [0.25, 0.3) is 5.91 Å². The standard InChI is InChI=1S/C19H23N3O5S2/c1-21-12-16(29(25,26)22-7-9-27-10-8-22)11-17(21)19(24)20-18(23)14-28-13-15-5-3-2-4-6-15/h2-6,11-12H,7-10,13-14H2,1H3,(H,20,23,24). The highest BCUT2D eigenvalue weighted by atomic mass is 32.2. The molecular formula is C19H23N3O5S2. The molecule has 0 saturated carbocycles. The Morgan fingerprint density at radius 3 is 2.55 bits per heavy atom. The van der Waals surface area contributed by atoms with Crippen LogP contribution in [0.5, 0.6) is 0 Å². The number of ether oxygens (including phenoxy) is 1. The fourth-order valence-electron chi connectivity index (χ4n) is 2.90. The number of hydrogen-bond acceptors (Lipinski definition) is 6. The smallest absolute Gasteiger partial charge is 0.274 e. The average molecular weight is 438 g/mol. The molecule has 1 aliphatic rings. The molecule has 0 aliphatic carbocycles. The number of sulfonamides is 1. The summed E-state index contributed by atoms with van der Waals surface area (Å²) >= 11 is 1.40. The van der Waals surface area contributed by atoms with Crippen LogP contribution < -0.4 is 5.32 Å². The highest BCUT2D eigenvalue weighted by Gasteiger charge is 2.29. The second kappa shape index (κ2) is 9.57. The highest BCUT2D eigenvalue weighted by molar-refractivity contribution is 7.99. The lowest BCUT2D eigenvalue weighted by Crippen LogP contribution is -2.40. The topological polar surface area (TPSA) is 97.7 Å². The van der Waals surface area contributed by atoms with Crippen molar-refractivity contribution in [2.75, 3.05) is 32.1 Å². The van der Waals surface area contributed by atoms with E-state index in [0.29, 0.717) is 19.0 Å². The number of carbonyl (C=O) groups is 2. The van der Waals surface area contributed by atoms with E-state index in [4.69, 9.17) is 4.74 Å². The van der Waals surface area contributed by atoms with E-state index in [2.05, 4.69) is 5.32 Å². The van der Waals surface area contributed by atoms with Gasteiger partial charge in [0.05, 0.1) is 19.0 Å². The average Bonchev–Trinajstić information content (AvgIpc) is 3.12. The van der Waals surface area contributed by atoms with Crippen molar-refractivity contribution in [1.29, 1.82) is 0 Å². The first-order valence-corrected chi connectivity index (χ1v) is 11.7. The van der Waals surface area contributed by atoms with Crippen LogP contribution in [0.3, 0.4) is 0 Å². The van der Waals surface area contributed by atoms with Crippen LogP contribution in [0.1, 0.15) is 16.1 Å². The molecule has 0 atom stereocenters. The van der Waals surface area contributed by atoms with Gasteiger partial charge in [-0.3, -0.25) is 14.9 Å². The van der Waals surface area contributed by atoms with Gasteiger partial charge in [-0.2, -0.15) is 4.31 Å². The SMILES string of the molecule is Cn1cc(S(=O)(=O)N2CCOCC2)cc1C(=O)NC(=O)CSCc1ccccc1. The van der Waals surface area contributed by atoms with Crippen LogP contribution in [0.2, 0.25) is 0 Å². The first-order valence-electron chi connectivity index (χ1n) is 9.08. The summed E-state index contributed by atoms with van der Waals surface area (Å²) in [5, 5.41) is 2.32. The number of carbonyl (C=O) groups excluding carboxylic acids is 2. The van der Waals surface area contributed by atoms with Crippen molar-refractivity contribution in [1.82, 2.24) is 14.2 Å². The molecule has 29 heavy (non-hydrogen) atoms. The molecule has 1 saturated heterocycles. The minimum absolute atomic E-state index is 0.0259. The third-order valence-electron chi connectivity index (χ3n) is 4.42. The number of benzene rings is 1. The third-order valence-corrected chi connectivity index (χ3v) is 7.29. The van der Waals surface area contributed by atoms with Crippen molar-refractivity contribution >= 4 is 33.6 Å². The van der Waals surface area contributed by atoms with Crippen molar-refractivity contribution in [3.8, 4) is 0 Å². The van der Waals surface area contributed by atoms with Crippen LogP contribution in [-0.2, 0) is 32.4 Å². The predicted molar refractivity (Wildman–Crippen MR) is 110 cm³/mol. The summed E-state index contributed by atoms with van der Waals surface area (Å²) in [7, 11) is -2.14. The van der Waals surface area contributed by atoms with Gasteiger partial charge < -0.3 is 9.30 Å². The summed E-state index contributed by atoms with van der Waals surface area (Å²) in [6.45, 7) is 1.23. The van der Waals surface area contributed by atoms with E-state index in [1.807, 2.05) is 30.3 Å². The molecule has 1 N–H and O–H groups in total. The normalized spacial score (nSPS) is 15.2. The zero-order valence-corrected chi connectivity index (χ0v) is 17.7. The summed E-state index contributed by atoms with van der Waals surface area (Å²) in [6, 6.07) is 11.0. The maximum absolute atomic E-state index is 12.7. The minimum atomic E-state index is -3.71. The fraction of sp³-hybridized carbons (Fsp3) is 0.368. The molecule has 1 aromatic heterocycles. The molecular weight excluding hydrogens is 414 g/mol. The molecule has 2 aromatic rings. The summed E-state index contributed by atoms with van der Waals surface area (Å²) < 4.78 is 33.4. The fourth-order valence-corrected chi connectivity index (χ4v) is 5.17. The molecule has 10 heteroatoms. The van der Waals surface area contributed by atoms with E-state index in [0.717, 1.165) is 5.56 Å². The summed E-state index contributed by atoms with van der Waals surface area (Å²) in [6.07, 6.45) is 1.38. The van der Waals surface area contributed by atoms with Gasteiger partial charge in [-0.15, -0.1) is 11.8 Å². The summed E-state index contributed by atoms with van der Waals surface area (Å²) in [4.78, 5) is 24.5. The zero-order valence-electron chi connectivity index (χ0n) is 16.0. The van der Waals surface area contributed by atoms with E-state index in [-0.39, 0.29) is 29.4 Å². The number of rotatable bonds is 7. The largest absolute Gasteiger partial charge is 0.379 e. The van der Waals surface area contributed by atoms with Gasteiger partial charge in [-0.25, -0.2) is 8.42 Å². The van der Waals surface area contributed by atoms with Crippen molar-refractivity contribution in [2.24, 2.45) is 7.05 Å². The molecule has 156 valence electrons. The van der Waals surface area contributed by atoms with Gasteiger partial charge in [-0.1, -0.05) is 30.3 Å². The van der Waals surface area contributed by atoms with Crippen molar-refractivity contribution in [3.05, 3.63) is 53.9 Å². The molecule has 3 rings (SSSR count). The van der Waals surface area contributed by atoms with Gasteiger partial charge in [0.1, 0.15) is 10.6 Å². The summed E-state index contributed by atoms with van der Waals surface area (Å²) in [5.74, 6) is -0.255. The molecule has 1 fully saturated rings. The number of hydrogen-bond donors (Lipinski definition) is 1. The van der Waals surface area contributed by atoms with E-state index < -0.39 is 21.8 Å². The van der Waals surface area contributed by atoms with Crippen LogP contribution in [0, 0.1) is 0 Å². The highest BCUT2D eigenvalue weighted by Crippen LogP contribution is 2.20. The van der Waals surface area contributed by atoms with Crippen LogP contribution >= 0.6 is 11.8 Å². The first-order chi connectivity index (χ1) is 13.9. The van der Waals surface area contributed by atoms with E-state index in [1.165, 1.54) is 32.9 Å². The molecule has 0 spiro atoms. The molecule has 0 unspecified atom stereocenters. The Bertz CT molecular complexity index is 967. The molecule has 0 bridgehead atoms. The number of thioether (sulfide) groups is 1. The van der Waals surface area contributed by atoms with Gasteiger partial charge >= 0.3 is 0 Å². The molecule has 1 aliphatic heterocycles. The molecule has 8 nitrogen and oxygen atoms in total. The van der Waals surface area contributed by atoms with E-state index >= 15 is 0 Å². The van der Waals surface area contributed by atoms with Gasteiger partial charge in [0.15, 0.2) is 0 Å². The zero-order chi connectivity index (χ0) is 20.9. The second-order valence-corrected chi connectivity index (χ2v) is 9.47. The number of morpholine rings is 1. The lowest BCUT2D eigenvalue weighted by Gasteiger charge is -2.25. The Balaban J connectivity index is 1.58. The number of amides is 2. The van der Waals surface area contributed by atoms with Crippen molar-refractivity contribution in [2.45, 2.75) is 10.6 Å². The van der Waals surface area contributed by atoms with E-state index in [1.54, 1.807) is 7.05 Å². The van der Waals surface area contributed by atoms with Gasteiger partial charge in [-0.05, 0) is 11.6 Å². The Morgan fingerprint density at radius 2 is 1.86 bits per heavy atom. The summed E-state index contributed by atoms with van der Waals surface area (Å²) in [5.41, 5.74) is 1.20. The van der Waals surface area contributed by atoms with Crippen molar-refractivity contribution < 1.29 is 22.7 Å². The number of aromatic nitrogens is 1. The number of nitrogens with zero attached hydrogens (tertiary/aromatic N) is 2. The predicted octanol–water partition coefficient (Wildman–Crippen LogP) is 1.24. The lowest BCUT2D eigenvalue weighted by atomic mass is 10.2. The molecule has 2 amide bonds. The van der Waals surface area contributed by atoms with Crippen LogP contribution in [0.25, 0.3) is 0 Å². The van der Waals surface area contributed by atoms with Crippen LogP contribution in [-0.4, -0.2) is 61.2 Å². The van der Waals surface area contributed by atoms with Crippen LogP contribution in [0.4, 0.5) is 0 Å². The third kappa shape index (κ3) is 5.47. The Morgan fingerprint density at radius 1 is 1.17 bits per heavy atom. The number of aryl methyl sites for hydroxylation is 1.